The maximum Gasteiger partial charge on any atom is 0.284 e. The number of non-ortho nitro benzene ring substituents is 2. The molecule has 2 aromatic carbocycles. The van der Waals surface area contributed by atoms with E-state index in [1.165, 1.54) is 18.2 Å². The summed E-state index contributed by atoms with van der Waals surface area (Å²) in [5, 5.41) is 32.4. The van der Waals surface area contributed by atoms with E-state index in [2.05, 4.69) is 0 Å². The predicted molar refractivity (Wildman–Crippen MR) is 65.9 cm³/mol. The normalized spacial score (nSPS) is 16.8. The third-order valence-corrected chi connectivity index (χ3v) is 3.40. The molecular weight excluding hydrogens is 252 g/mol. The number of aliphatic hydroxyl groups is 1. The highest BCUT2D eigenvalue weighted by molar-refractivity contribution is 6.03. The second-order valence-corrected chi connectivity index (χ2v) is 4.40. The molecule has 3 rings (SSSR count). The molecule has 1 N–H and O–H groups in total. The number of hydrogen-bond acceptors (Lipinski definition) is 5. The SMILES string of the molecule is O=[N+]([O-])c1ccc2c3c(ccc([N+](=O)[O-])c13)C(O)C2. The van der Waals surface area contributed by atoms with Crippen molar-refractivity contribution < 1.29 is 15.0 Å². The van der Waals surface area contributed by atoms with Crippen LogP contribution in [-0.4, -0.2) is 15.0 Å². The number of nitro benzene ring substituents is 2. The summed E-state index contributed by atoms with van der Waals surface area (Å²) in [6.45, 7) is 0. The predicted octanol–water partition coefficient (Wildman–Crippen LogP) is 2.25. The molecule has 1 unspecified atom stereocenters. The monoisotopic (exact) mass is 260 g/mol. The van der Waals surface area contributed by atoms with E-state index >= 15 is 0 Å². The Bertz CT molecular complexity index is 720. The Morgan fingerprint density at radius 2 is 1.58 bits per heavy atom. The third kappa shape index (κ3) is 1.48. The van der Waals surface area contributed by atoms with Crippen molar-refractivity contribution >= 4 is 22.1 Å². The molecule has 7 nitrogen and oxygen atoms in total. The first kappa shape index (κ1) is 11.5. The van der Waals surface area contributed by atoms with Gasteiger partial charge in [-0.05, 0) is 17.2 Å². The van der Waals surface area contributed by atoms with E-state index in [0.29, 0.717) is 22.9 Å². The Labute approximate surface area is 106 Å². The summed E-state index contributed by atoms with van der Waals surface area (Å²) in [6.07, 6.45) is -0.439. The molecule has 0 spiro atoms. The van der Waals surface area contributed by atoms with Gasteiger partial charge in [0.25, 0.3) is 11.4 Å². The van der Waals surface area contributed by atoms with Gasteiger partial charge < -0.3 is 5.11 Å². The lowest BCUT2D eigenvalue weighted by molar-refractivity contribution is -0.390. The number of aliphatic hydroxyl groups excluding tert-OH is 1. The second kappa shape index (κ2) is 3.72. The van der Waals surface area contributed by atoms with Gasteiger partial charge in [0.15, 0.2) is 0 Å². The standard InChI is InChI=1S/C12H8N2O5/c15-10-5-6-1-3-8(13(16)17)12-9(14(18)19)4-2-7(10)11(6)12/h1-4,10,15H,5H2. The highest BCUT2D eigenvalue weighted by Crippen LogP contribution is 2.44. The van der Waals surface area contributed by atoms with Crippen LogP contribution in [-0.2, 0) is 6.42 Å². The first-order chi connectivity index (χ1) is 9.00. The summed E-state index contributed by atoms with van der Waals surface area (Å²) in [4.78, 5) is 20.8. The van der Waals surface area contributed by atoms with Crippen LogP contribution in [0.3, 0.4) is 0 Å². The van der Waals surface area contributed by atoms with Crippen LogP contribution in [0, 0.1) is 20.2 Å². The molecule has 0 aliphatic heterocycles. The molecule has 0 heterocycles. The summed E-state index contributed by atoms with van der Waals surface area (Å²) in [5.74, 6) is 0. The van der Waals surface area contributed by atoms with Gasteiger partial charge in [-0.15, -0.1) is 0 Å². The zero-order chi connectivity index (χ0) is 13.7. The molecule has 0 saturated heterocycles. The fraction of sp³-hybridized carbons (Fsp3) is 0.167. The molecule has 0 fully saturated rings. The van der Waals surface area contributed by atoms with Crippen LogP contribution in [0.4, 0.5) is 11.4 Å². The van der Waals surface area contributed by atoms with E-state index in [0.717, 1.165) is 0 Å². The maximum atomic E-state index is 11.0. The average Bonchev–Trinajstić information content (AvgIpc) is 2.67. The second-order valence-electron chi connectivity index (χ2n) is 4.40. The van der Waals surface area contributed by atoms with Crippen molar-refractivity contribution in [1.29, 1.82) is 0 Å². The molecular formula is C12H8N2O5. The van der Waals surface area contributed by atoms with E-state index in [1.807, 2.05) is 0 Å². The van der Waals surface area contributed by atoms with Crippen LogP contribution in [0.2, 0.25) is 0 Å². The maximum absolute atomic E-state index is 11.0. The molecule has 2 aromatic rings. The molecule has 1 aliphatic carbocycles. The molecule has 7 heteroatoms. The van der Waals surface area contributed by atoms with E-state index in [-0.39, 0.29) is 16.8 Å². The Kier molecular flexibility index (Phi) is 2.26. The molecule has 0 amide bonds. The first-order valence-electron chi connectivity index (χ1n) is 5.56. The van der Waals surface area contributed by atoms with Gasteiger partial charge in [0.2, 0.25) is 0 Å². The topological polar surface area (TPSA) is 107 Å². The van der Waals surface area contributed by atoms with Gasteiger partial charge >= 0.3 is 0 Å². The molecule has 0 saturated carbocycles. The zero-order valence-electron chi connectivity index (χ0n) is 9.57. The molecule has 1 aliphatic rings. The number of benzene rings is 2. The van der Waals surface area contributed by atoms with Crippen molar-refractivity contribution in [2.45, 2.75) is 12.5 Å². The van der Waals surface area contributed by atoms with Crippen molar-refractivity contribution in [2.24, 2.45) is 0 Å². The average molecular weight is 260 g/mol. The van der Waals surface area contributed by atoms with Gasteiger partial charge in [-0.1, -0.05) is 6.07 Å². The highest BCUT2D eigenvalue weighted by atomic mass is 16.6. The molecule has 0 radical (unpaired) electrons. The summed E-state index contributed by atoms with van der Waals surface area (Å²) in [6, 6.07) is 5.48. The Morgan fingerprint density at radius 3 is 2.16 bits per heavy atom. The molecule has 19 heavy (non-hydrogen) atoms. The van der Waals surface area contributed by atoms with Gasteiger partial charge in [-0.3, -0.25) is 20.2 Å². The number of nitro groups is 2. The minimum absolute atomic E-state index is 0.00144. The molecule has 0 aromatic heterocycles. The van der Waals surface area contributed by atoms with Crippen LogP contribution >= 0.6 is 0 Å². The summed E-state index contributed by atoms with van der Waals surface area (Å²) >= 11 is 0. The third-order valence-electron chi connectivity index (χ3n) is 3.40. The van der Waals surface area contributed by atoms with Crippen molar-refractivity contribution in [1.82, 2.24) is 0 Å². The van der Waals surface area contributed by atoms with Crippen LogP contribution in [0.25, 0.3) is 10.8 Å². The minimum Gasteiger partial charge on any atom is -0.388 e. The fourth-order valence-corrected chi connectivity index (χ4v) is 2.63. The molecule has 96 valence electrons. The summed E-state index contributed by atoms with van der Waals surface area (Å²) in [5.41, 5.74) is 0.605. The van der Waals surface area contributed by atoms with Gasteiger partial charge in [0.05, 0.1) is 16.0 Å². The molecule has 1 atom stereocenters. The van der Waals surface area contributed by atoms with Crippen molar-refractivity contribution in [3.63, 3.8) is 0 Å². The largest absolute Gasteiger partial charge is 0.388 e. The fourth-order valence-electron chi connectivity index (χ4n) is 2.63. The summed E-state index contributed by atoms with van der Waals surface area (Å²) < 4.78 is 0. The van der Waals surface area contributed by atoms with Gasteiger partial charge in [-0.25, -0.2) is 0 Å². The lowest BCUT2D eigenvalue weighted by Crippen LogP contribution is -1.96. The van der Waals surface area contributed by atoms with Gasteiger partial charge in [0.1, 0.15) is 5.39 Å². The molecule has 0 bridgehead atoms. The quantitative estimate of drug-likeness (QED) is 0.658. The van der Waals surface area contributed by atoms with E-state index in [9.17, 15) is 25.3 Å². The highest BCUT2D eigenvalue weighted by Gasteiger charge is 2.31. The van der Waals surface area contributed by atoms with E-state index < -0.39 is 16.0 Å². The number of hydrogen-bond donors (Lipinski definition) is 1. The van der Waals surface area contributed by atoms with Crippen molar-refractivity contribution in [3.05, 3.63) is 55.6 Å². The summed E-state index contributed by atoms with van der Waals surface area (Å²) in [7, 11) is 0. The lowest BCUT2D eigenvalue weighted by Gasteiger charge is -2.04. The van der Waals surface area contributed by atoms with Crippen LogP contribution in [0.1, 0.15) is 17.2 Å². The minimum atomic E-state index is -0.764. The number of rotatable bonds is 2. The van der Waals surface area contributed by atoms with Crippen LogP contribution in [0.15, 0.2) is 24.3 Å². The van der Waals surface area contributed by atoms with Crippen molar-refractivity contribution in [3.8, 4) is 0 Å². The lowest BCUT2D eigenvalue weighted by atomic mass is 10.0. The van der Waals surface area contributed by atoms with E-state index in [4.69, 9.17) is 0 Å². The van der Waals surface area contributed by atoms with Crippen LogP contribution in [0.5, 0.6) is 0 Å². The first-order valence-corrected chi connectivity index (χ1v) is 5.56. The van der Waals surface area contributed by atoms with E-state index in [1.54, 1.807) is 6.07 Å². The zero-order valence-corrected chi connectivity index (χ0v) is 9.57. The number of nitrogens with zero attached hydrogens (tertiary/aromatic N) is 2. The Hall–Kier alpha value is -2.54. The Balaban J connectivity index is 2.52. The van der Waals surface area contributed by atoms with Gasteiger partial charge in [-0.2, -0.15) is 0 Å². The van der Waals surface area contributed by atoms with Crippen molar-refractivity contribution in [2.75, 3.05) is 0 Å². The van der Waals surface area contributed by atoms with Gasteiger partial charge in [0, 0.05) is 23.9 Å². The Morgan fingerprint density at radius 1 is 1.00 bits per heavy atom. The smallest absolute Gasteiger partial charge is 0.284 e. The van der Waals surface area contributed by atoms with Crippen LogP contribution < -0.4 is 0 Å².